The van der Waals surface area contributed by atoms with Crippen LogP contribution in [0.15, 0.2) is 84.9 Å². The van der Waals surface area contributed by atoms with Crippen LogP contribution in [0.2, 0.25) is 0 Å². The highest BCUT2D eigenvalue weighted by Crippen LogP contribution is 2.35. The largest absolute Gasteiger partial charge is 0.508 e. The van der Waals surface area contributed by atoms with E-state index in [0.717, 1.165) is 30.1 Å². The van der Waals surface area contributed by atoms with Crippen molar-refractivity contribution in [1.29, 1.82) is 0 Å². The van der Waals surface area contributed by atoms with Crippen LogP contribution in [0.4, 0.5) is 0 Å². The van der Waals surface area contributed by atoms with Gasteiger partial charge < -0.3 is 5.11 Å². The van der Waals surface area contributed by atoms with Crippen LogP contribution in [0.3, 0.4) is 0 Å². The first-order valence-corrected chi connectivity index (χ1v) is 11.3. The van der Waals surface area contributed by atoms with Gasteiger partial charge in [-0.05, 0) is 77.3 Å². The number of aromatic hydroxyl groups is 1. The third kappa shape index (κ3) is 4.35. The number of hydrogen-bond donors (Lipinski definition) is 1. The second-order valence-corrected chi connectivity index (χ2v) is 8.70. The first kappa shape index (κ1) is 19.8. The van der Waals surface area contributed by atoms with Gasteiger partial charge in [-0.25, -0.2) is 0 Å². The average Bonchev–Trinajstić information content (AvgIpc) is 3.66. The van der Waals surface area contributed by atoms with Gasteiger partial charge in [-0.1, -0.05) is 72.8 Å². The zero-order chi connectivity index (χ0) is 21.2. The lowest BCUT2D eigenvalue weighted by Gasteiger charge is -2.26. The van der Waals surface area contributed by atoms with Crippen LogP contribution in [0.5, 0.6) is 5.75 Å². The molecule has 156 valence electrons. The van der Waals surface area contributed by atoms with Crippen molar-refractivity contribution in [2.75, 3.05) is 13.1 Å². The van der Waals surface area contributed by atoms with Gasteiger partial charge in [0.05, 0.1) is 0 Å². The number of phenols is 1. The Bertz CT molecular complexity index is 1120. The Labute approximate surface area is 185 Å². The number of allylic oxidation sites excluding steroid dienone is 1. The van der Waals surface area contributed by atoms with Gasteiger partial charge in [-0.15, -0.1) is 0 Å². The van der Waals surface area contributed by atoms with E-state index in [4.69, 9.17) is 0 Å². The molecule has 1 fully saturated rings. The summed E-state index contributed by atoms with van der Waals surface area (Å²) in [7, 11) is 0. The van der Waals surface area contributed by atoms with E-state index in [0.29, 0.717) is 5.75 Å². The van der Waals surface area contributed by atoms with Crippen molar-refractivity contribution in [1.82, 2.24) is 4.90 Å². The van der Waals surface area contributed by atoms with E-state index >= 15 is 0 Å². The van der Waals surface area contributed by atoms with Crippen molar-refractivity contribution in [3.63, 3.8) is 0 Å². The Hall–Kier alpha value is -3.10. The molecule has 5 rings (SSSR count). The van der Waals surface area contributed by atoms with Crippen LogP contribution in [-0.4, -0.2) is 29.1 Å². The van der Waals surface area contributed by atoms with E-state index in [-0.39, 0.29) is 0 Å². The van der Waals surface area contributed by atoms with Gasteiger partial charge in [-0.3, -0.25) is 4.90 Å². The molecule has 1 saturated carbocycles. The predicted octanol–water partition coefficient (Wildman–Crippen LogP) is 6.62. The van der Waals surface area contributed by atoms with Crippen LogP contribution in [0, 0.1) is 0 Å². The lowest BCUT2D eigenvalue weighted by Crippen LogP contribution is -2.30. The molecule has 0 spiro atoms. The van der Waals surface area contributed by atoms with Crippen LogP contribution in [-0.2, 0) is 0 Å². The van der Waals surface area contributed by atoms with Crippen molar-refractivity contribution >= 4 is 16.7 Å². The summed E-state index contributed by atoms with van der Waals surface area (Å²) in [5.41, 5.74) is 8.55. The number of benzene rings is 3. The molecule has 1 aliphatic heterocycles. The molecular formula is C29H29NO. The SMILES string of the molecule is C/C(=C(/c1ccc(C2=CCN(C3CC3)CC2)cc1)c1cccc(O)c1)c1ccccc1. The normalized spacial score (nSPS) is 17.8. The fraction of sp³-hybridized carbons (Fsp3) is 0.241. The molecule has 0 bridgehead atoms. The van der Waals surface area contributed by atoms with E-state index in [9.17, 15) is 5.11 Å². The van der Waals surface area contributed by atoms with Crippen LogP contribution < -0.4 is 0 Å². The summed E-state index contributed by atoms with van der Waals surface area (Å²) in [5.74, 6) is 0.292. The molecule has 1 aliphatic carbocycles. The van der Waals surface area contributed by atoms with Crippen LogP contribution in [0.25, 0.3) is 16.7 Å². The Kier molecular flexibility index (Phi) is 5.48. The van der Waals surface area contributed by atoms with Crippen LogP contribution >= 0.6 is 0 Å². The van der Waals surface area contributed by atoms with Gasteiger partial charge in [0.15, 0.2) is 0 Å². The van der Waals surface area contributed by atoms with Crippen molar-refractivity contribution in [3.8, 4) is 5.75 Å². The highest BCUT2D eigenvalue weighted by Gasteiger charge is 2.29. The average molecular weight is 408 g/mol. The molecule has 0 aromatic heterocycles. The fourth-order valence-electron chi connectivity index (χ4n) is 4.66. The maximum Gasteiger partial charge on any atom is 0.116 e. The molecule has 3 aromatic rings. The highest BCUT2D eigenvalue weighted by molar-refractivity contribution is 5.98. The molecule has 3 aromatic carbocycles. The topological polar surface area (TPSA) is 23.5 Å². The summed E-state index contributed by atoms with van der Waals surface area (Å²) in [6.45, 7) is 4.43. The molecule has 2 heteroatoms. The second-order valence-electron chi connectivity index (χ2n) is 8.70. The molecule has 1 N–H and O–H groups in total. The summed E-state index contributed by atoms with van der Waals surface area (Å²) in [4.78, 5) is 2.61. The van der Waals surface area contributed by atoms with Gasteiger partial charge in [0.25, 0.3) is 0 Å². The molecule has 1 heterocycles. The van der Waals surface area contributed by atoms with Crippen molar-refractivity contribution < 1.29 is 5.11 Å². The lowest BCUT2D eigenvalue weighted by atomic mass is 9.89. The van der Waals surface area contributed by atoms with E-state index in [1.54, 1.807) is 6.07 Å². The third-order valence-electron chi connectivity index (χ3n) is 6.56. The second kappa shape index (κ2) is 8.56. The fourth-order valence-corrected chi connectivity index (χ4v) is 4.66. The van der Waals surface area contributed by atoms with Crippen molar-refractivity contribution in [2.24, 2.45) is 0 Å². The Morgan fingerprint density at radius 1 is 0.839 bits per heavy atom. The zero-order valence-electron chi connectivity index (χ0n) is 18.1. The molecule has 0 atom stereocenters. The minimum atomic E-state index is 0.292. The summed E-state index contributed by atoms with van der Waals surface area (Å²) in [6.07, 6.45) is 6.30. The van der Waals surface area contributed by atoms with E-state index < -0.39 is 0 Å². The van der Waals surface area contributed by atoms with E-state index in [1.165, 1.54) is 47.2 Å². The minimum absolute atomic E-state index is 0.292. The third-order valence-corrected chi connectivity index (χ3v) is 6.56. The molecule has 0 radical (unpaired) electrons. The first-order chi connectivity index (χ1) is 15.2. The number of hydrogen-bond acceptors (Lipinski definition) is 2. The number of rotatable bonds is 5. The molecule has 0 saturated heterocycles. The number of phenolic OH excluding ortho intramolecular Hbond substituents is 1. The maximum absolute atomic E-state index is 10.1. The highest BCUT2D eigenvalue weighted by atomic mass is 16.3. The molecule has 2 aliphatic rings. The quantitative estimate of drug-likeness (QED) is 0.480. The zero-order valence-corrected chi connectivity index (χ0v) is 18.1. The summed E-state index contributed by atoms with van der Waals surface area (Å²) < 4.78 is 0. The van der Waals surface area contributed by atoms with Gasteiger partial charge in [0.2, 0.25) is 0 Å². The molecule has 0 unspecified atom stereocenters. The smallest absolute Gasteiger partial charge is 0.116 e. The summed E-state index contributed by atoms with van der Waals surface area (Å²) >= 11 is 0. The van der Waals surface area contributed by atoms with Gasteiger partial charge in [-0.2, -0.15) is 0 Å². The van der Waals surface area contributed by atoms with E-state index in [2.05, 4.69) is 72.5 Å². The minimum Gasteiger partial charge on any atom is -0.508 e. The lowest BCUT2D eigenvalue weighted by molar-refractivity contribution is 0.291. The monoisotopic (exact) mass is 407 g/mol. The molecule has 0 amide bonds. The Morgan fingerprint density at radius 3 is 2.23 bits per heavy atom. The van der Waals surface area contributed by atoms with Crippen molar-refractivity contribution in [3.05, 3.63) is 107 Å². The Balaban J connectivity index is 1.50. The van der Waals surface area contributed by atoms with Gasteiger partial charge in [0, 0.05) is 19.1 Å². The van der Waals surface area contributed by atoms with Crippen molar-refractivity contribution in [2.45, 2.75) is 32.2 Å². The van der Waals surface area contributed by atoms with Crippen LogP contribution in [0.1, 0.15) is 48.4 Å². The predicted molar refractivity (Wildman–Crippen MR) is 130 cm³/mol. The number of nitrogens with zero attached hydrogens (tertiary/aromatic N) is 1. The Morgan fingerprint density at radius 2 is 1.58 bits per heavy atom. The standard InChI is InChI=1S/C29H29NO/c1-21(22-6-3-2-4-7-22)29(26-8-5-9-28(31)20-26)25-12-10-23(11-13-25)24-16-18-30(19-17-24)27-14-15-27/h2-13,16,20,27,31H,14-15,17-19H2,1H3/b29-21+. The van der Waals surface area contributed by atoms with E-state index in [1.807, 2.05) is 18.2 Å². The molecule has 31 heavy (non-hydrogen) atoms. The van der Waals surface area contributed by atoms with Gasteiger partial charge in [0.1, 0.15) is 5.75 Å². The summed E-state index contributed by atoms with van der Waals surface area (Å²) in [5, 5.41) is 10.1. The first-order valence-electron chi connectivity index (χ1n) is 11.3. The van der Waals surface area contributed by atoms with Gasteiger partial charge >= 0.3 is 0 Å². The maximum atomic E-state index is 10.1. The molecule has 2 nitrogen and oxygen atoms in total. The molecular weight excluding hydrogens is 378 g/mol. The summed E-state index contributed by atoms with van der Waals surface area (Å²) in [6, 6.07) is 27.9.